The van der Waals surface area contributed by atoms with Gasteiger partial charge in [-0.2, -0.15) is 0 Å². The molecule has 21 heavy (non-hydrogen) atoms. The van der Waals surface area contributed by atoms with Crippen LogP contribution in [0.2, 0.25) is 0 Å². The number of ether oxygens (including phenoxy) is 2. The third kappa shape index (κ3) is 4.88. The molecule has 0 saturated heterocycles. The number of amides is 1. The zero-order valence-electron chi connectivity index (χ0n) is 12.3. The molecule has 6 heteroatoms. The van der Waals surface area contributed by atoms with Gasteiger partial charge in [-0.05, 0) is 51.8 Å². The minimum absolute atomic E-state index is 0.176. The average molecular weight is 360 g/mol. The lowest BCUT2D eigenvalue weighted by Crippen LogP contribution is -2.44. The summed E-state index contributed by atoms with van der Waals surface area (Å²) in [7, 11) is 0. The normalized spacial score (nSPS) is 16.2. The molecule has 0 heterocycles. The third-order valence-corrected chi connectivity index (χ3v) is 3.51. The maximum Gasteiger partial charge on any atom is 0.408 e. The van der Waals surface area contributed by atoms with Gasteiger partial charge in [0.25, 0.3) is 0 Å². The molecule has 0 aromatic heterocycles. The molecule has 0 spiro atoms. The molecule has 116 valence electrons. The first-order chi connectivity index (χ1) is 9.69. The summed E-state index contributed by atoms with van der Waals surface area (Å²) in [4.78, 5) is 11.8. The van der Waals surface area contributed by atoms with Gasteiger partial charge in [0.05, 0.1) is 5.54 Å². The van der Waals surface area contributed by atoms with Gasteiger partial charge in [0.15, 0.2) is 11.6 Å². The van der Waals surface area contributed by atoms with E-state index in [-0.39, 0.29) is 12.4 Å². The minimum Gasteiger partial charge on any atom is -0.488 e. The molecule has 0 atom stereocenters. The van der Waals surface area contributed by atoms with Gasteiger partial charge < -0.3 is 14.8 Å². The second-order valence-corrected chi connectivity index (χ2v) is 7.19. The van der Waals surface area contributed by atoms with Crippen molar-refractivity contribution in [1.29, 1.82) is 0 Å². The Kier molecular flexibility index (Phi) is 4.46. The van der Waals surface area contributed by atoms with E-state index in [1.54, 1.807) is 32.9 Å². The Hall–Kier alpha value is -1.30. The summed E-state index contributed by atoms with van der Waals surface area (Å²) in [6.07, 6.45) is 1.12. The largest absolute Gasteiger partial charge is 0.488 e. The molecule has 0 unspecified atom stereocenters. The van der Waals surface area contributed by atoms with Crippen molar-refractivity contribution < 1.29 is 18.7 Å². The highest BCUT2D eigenvalue weighted by Gasteiger charge is 2.46. The van der Waals surface area contributed by atoms with Crippen LogP contribution in [0.4, 0.5) is 9.18 Å². The topological polar surface area (TPSA) is 47.6 Å². The zero-order chi connectivity index (χ0) is 15.7. The zero-order valence-corrected chi connectivity index (χ0v) is 13.9. The lowest BCUT2D eigenvalue weighted by molar-refractivity contribution is 0.0476. The Balaban J connectivity index is 1.89. The van der Waals surface area contributed by atoms with E-state index in [2.05, 4.69) is 21.2 Å². The lowest BCUT2D eigenvalue weighted by atomic mass is 10.2. The van der Waals surface area contributed by atoms with Crippen LogP contribution < -0.4 is 10.1 Å². The van der Waals surface area contributed by atoms with E-state index >= 15 is 0 Å². The summed E-state index contributed by atoms with van der Waals surface area (Å²) < 4.78 is 25.0. The highest BCUT2D eigenvalue weighted by molar-refractivity contribution is 9.10. The van der Waals surface area contributed by atoms with Gasteiger partial charge in [0.2, 0.25) is 0 Å². The molecule has 1 aliphatic rings. The van der Waals surface area contributed by atoms with Crippen molar-refractivity contribution in [2.75, 3.05) is 6.61 Å². The first kappa shape index (κ1) is 16.1. The van der Waals surface area contributed by atoms with Crippen LogP contribution in [0.1, 0.15) is 33.6 Å². The standard InChI is InChI=1S/C15H19BrFNO3/c1-14(2,3)21-13(19)18-15(6-7-15)9-20-12-5-4-10(16)8-11(12)17/h4-5,8H,6-7,9H2,1-3H3,(H,18,19). The van der Waals surface area contributed by atoms with E-state index in [9.17, 15) is 9.18 Å². The van der Waals surface area contributed by atoms with Crippen molar-refractivity contribution in [2.24, 2.45) is 0 Å². The summed E-state index contributed by atoms with van der Waals surface area (Å²) in [6.45, 7) is 5.64. The molecule has 1 aliphatic carbocycles. The second-order valence-electron chi connectivity index (χ2n) is 6.27. The number of alkyl carbamates (subject to hydrolysis) is 1. The minimum atomic E-state index is -0.543. The van der Waals surface area contributed by atoms with E-state index < -0.39 is 23.1 Å². The molecular formula is C15H19BrFNO3. The van der Waals surface area contributed by atoms with E-state index in [0.717, 1.165) is 12.8 Å². The van der Waals surface area contributed by atoms with Crippen molar-refractivity contribution in [2.45, 2.75) is 44.8 Å². The molecule has 1 N–H and O–H groups in total. The van der Waals surface area contributed by atoms with Crippen LogP contribution in [0.3, 0.4) is 0 Å². The van der Waals surface area contributed by atoms with E-state index in [1.807, 2.05) is 0 Å². The fourth-order valence-electron chi connectivity index (χ4n) is 1.78. The van der Waals surface area contributed by atoms with Crippen LogP contribution in [0.5, 0.6) is 5.75 Å². The number of rotatable bonds is 4. The fourth-order valence-corrected chi connectivity index (χ4v) is 2.12. The van der Waals surface area contributed by atoms with Crippen molar-refractivity contribution in [1.82, 2.24) is 5.32 Å². The summed E-state index contributed by atoms with van der Waals surface area (Å²) >= 11 is 3.19. The van der Waals surface area contributed by atoms with Crippen molar-refractivity contribution >= 4 is 22.0 Å². The second kappa shape index (κ2) is 5.83. The van der Waals surface area contributed by atoms with Crippen molar-refractivity contribution in [3.63, 3.8) is 0 Å². The predicted molar refractivity (Wildman–Crippen MR) is 80.9 cm³/mol. The summed E-state index contributed by atoms with van der Waals surface area (Å²) in [5.41, 5.74) is -0.985. The predicted octanol–water partition coefficient (Wildman–Crippen LogP) is 4.02. The van der Waals surface area contributed by atoms with Gasteiger partial charge in [-0.15, -0.1) is 0 Å². The number of hydrogen-bond acceptors (Lipinski definition) is 3. The average Bonchev–Trinajstić information content (AvgIpc) is 3.05. The molecule has 1 saturated carbocycles. The first-order valence-corrected chi connectivity index (χ1v) is 7.57. The molecule has 0 radical (unpaired) electrons. The highest BCUT2D eigenvalue weighted by atomic mass is 79.9. The summed E-state index contributed by atoms with van der Waals surface area (Å²) in [6, 6.07) is 4.61. The van der Waals surface area contributed by atoms with Gasteiger partial charge in [0.1, 0.15) is 12.2 Å². The van der Waals surface area contributed by atoms with Crippen LogP contribution in [0.25, 0.3) is 0 Å². The molecule has 1 aromatic rings. The van der Waals surface area contributed by atoms with Crippen molar-refractivity contribution in [3.8, 4) is 5.75 Å². The number of nitrogens with one attached hydrogen (secondary N) is 1. The van der Waals surface area contributed by atoms with Gasteiger partial charge >= 0.3 is 6.09 Å². The number of hydrogen-bond donors (Lipinski definition) is 1. The van der Waals surface area contributed by atoms with Gasteiger partial charge in [0, 0.05) is 4.47 Å². The Morgan fingerprint density at radius 3 is 2.62 bits per heavy atom. The maximum absolute atomic E-state index is 13.7. The number of halogens is 2. The van der Waals surface area contributed by atoms with Crippen LogP contribution >= 0.6 is 15.9 Å². The highest BCUT2D eigenvalue weighted by Crippen LogP contribution is 2.36. The quantitative estimate of drug-likeness (QED) is 0.882. The molecule has 2 rings (SSSR count). The molecule has 4 nitrogen and oxygen atoms in total. The summed E-state index contributed by atoms with van der Waals surface area (Å²) in [5.74, 6) is -0.257. The van der Waals surface area contributed by atoms with Crippen LogP contribution in [-0.2, 0) is 4.74 Å². The van der Waals surface area contributed by atoms with Crippen LogP contribution in [-0.4, -0.2) is 23.8 Å². The number of carbonyl (C=O) groups is 1. The van der Waals surface area contributed by atoms with Crippen LogP contribution in [0.15, 0.2) is 22.7 Å². The van der Waals surface area contributed by atoms with Gasteiger partial charge in [-0.1, -0.05) is 15.9 Å². The number of carbonyl (C=O) groups excluding carboxylic acids is 1. The SMILES string of the molecule is CC(C)(C)OC(=O)NC1(COc2ccc(Br)cc2F)CC1. The number of benzene rings is 1. The molecule has 0 bridgehead atoms. The van der Waals surface area contributed by atoms with E-state index in [1.165, 1.54) is 6.07 Å². The fraction of sp³-hybridized carbons (Fsp3) is 0.533. The molecular weight excluding hydrogens is 341 g/mol. The van der Waals surface area contributed by atoms with E-state index in [0.29, 0.717) is 4.47 Å². The van der Waals surface area contributed by atoms with E-state index in [4.69, 9.17) is 9.47 Å². The van der Waals surface area contributed by atoms with Gasteiger partial charge in [-0.25, -0.2) is 9.18 Å². The smallest absolute Gasteiger partial charge is 0.408 e. The Morgan fingerprint density at radius 1 is 1.43 bits per heavy atom. The maximum atomic E-state index is 13.7. The Bertz CT molecular complexity index is 538. The Morgan fingerprint density at radius 2 is 2.10 bits per heavy atom. The van der Waals surface area contributed by atoms with Gasteiger partial charge in [-0.3, -0.25) is 0 Å². The van der Waals surface area contributed by atoms with Crippen LogP contribution in [0, 0.1) is 5.82 Å². The lowest BCUT2D eigenvalue weighted by Gasteiger charge is -2.23. The van der Waals surface area contributed by atoms with Crippen molar-refractivity contribution in [3.05, 3.63) is 28.5 Å². The Labute approximate surface area is 132 Å². The molecule has 0 aliphatic heterocycles. The monoisotopic (exact) mass is 359 g/mol. The first-order valence-electron chi connectivity index (χ1n) is 6.78. The molecule has 1 aromatic carbocycles. The summed E-state index contributed by atoms with van der Waals surface area (Å²) in [5, 5.41) is 2.81. The third-order valence-electron chi connectivity index (χ3n) is 3.02. The molecule has 1 fully saturated rings. The molecule has 1 amide bonds.